The summed E-state index contributed by atoms with van der Waals surface area (Å²) in [6, 6.07) is 4.91. The van der Waals surface area contributed by atoms with Crippen molar-refractivity contribution in [3.63, 3.8) is 0 Å². The molecular weight excluding hydrogens is 287 g/mol. The van der Waals surface area contributed by atoms with Crippen molar-refractivity contribution in [3.05, 3.63) is 46.9 Å². The van der Waals surface area contributed by atoms with Gasteiger partial charge in [-0.25, -0.2) is 4.39 Å². The van der Waals surface area contributed by atoms with Crippen LogP contribution in [0.25, 0.3) is 0 Å². The van der Waals surface area contributed by atoms with E-state index >= 15 is 0 Å². The molecular formula is C16H21FN2OS. The molecule has 0 unspecified atom stereocenters. The summed E-state index contributed by atoms with van der Waals surface area (Å²) in [6.45, 7) is 4.32. The third-order valence-electron chi connectivity index (χ3n) is 3.22. The van der Waals surface area contributed by atoms with Crippen molar-refractivity contribution in [3.8, 4) is 5.75 Å². The van der Waals surface area contributed by atoms with Crippen LogP contribution in [-0.2, 0) is 0 Å². The van der Waals surface area contributed by atoms with Crippen LogP contribution in [0.2, 0.25) is 0 Å². The number of anilines is 1. The zero-order chi connectivity index (χ0) is 15.6. The first kappa shape index (κ1) is 15.8. The van der Waals surface area contributed by atoms with E-state index in [0.717, 1.165) is 22.7 Å². The van der Waals surface area contributed by atoms with E-state index in [1.165, 1.54) is 13.2 Å². The van der Waals surface area contributed by atoms with E-state index in [-0.39, 0.29) is 11.6 Å². The number of hydrogen-bond acceptors (Lipinski definition) is 4. The van der Waals surface area contributed by atoms with Crippen molar-refractivity contribution in [2.45, 2.75) is 20.3 Å². The second-order valence-corrected chi connectivity index (χ2v) is 6.05. The highest BCUT2D eigenvalue weighted by Crippen LogP contribution is 2.32. The molecule has 0 amide bonds. The van der Waals surface area contributed by atoms with E-state index in [0.29, 0.717) is 5.92 Å². The first-order chi connectivity index (χ1) is 9.92. The highest BCUT2D eigenvalue weighted by Gasteiger charge is 2.24. The average molecular weight is 308 g/mol. The van der Waals surface area contributed by atoms with Gasteiger partial charge in [0.05, 0.1) is 24.7 Å². The molecule has 1 aliphatic rings. The van der Waals surface area contributed by atoms with Gasteiger partial charge in [-0.2, -0.15) is 0 Å². The summed E-state index contributed by atoms with van der Waals surface area (Å²) in [5.74, 6) is 0.464. The van der Waals surface area contributed by atoms with E-state index in [1.807, 2.05) is 35.4 Å². The van der Waals surface area contributed by atoms with Gasteiger partial charge < -0.3 is 4.74 Å². The van der Waals surface area contributed by atoms with Gasteiger partial charge in [-0.15, -0.1) is 12.6 Å². The maximum absolute atomic E-state index is 13.7. The Morgan fingerprint density at radius 1 is 1.48 bits per heavy atom. The van der Waals surface area contributed by atoms with Crippen molar-refractivity contribution in [2.24, 2.45) is 5.92 Å². The summed E-state index contributed by atoms with van der Waals surface area (Å²) in [4.78, 5) is 1.05. The molecule has 3 nitrogen and oxygen atoms in total. The zero-order valence-corrected chi connectivity index (χ0v) is 13.7. The SMILES string of the molecule is COc1ccc(N(C)N2C=C2/C=C(\S)CC(C)C)cc1F. The van der Waals surface area contributed by atoms with Gasteiger partial charge in [-0.1, -0.05) is 13.8 Å². The number of ether oxygens (including phenoxy) is 1. The van der Waals surface area contributed by atoms with Crippen molar-refractivity contribution < 1.29 is 9.13 Å². The number of allylic oxidation sites excluding steroid dienone is 2. The van der Waals surface area contributed by atoms with Crippen LogP contribution in [-0.4, -0.2) is 19.2 Å². The van der Waals surface area contributed by atoms with Gasteiger partial charge in [0, 0.05) is 13.1 Å². The van der Waals surface area contributed by atoms with Gasteiger partial charge in [-0.3, -0.25) is 10.0 Å². The predicted octanol–water partition coefficient (Wildman–Crippen LogP) is 4.20. The number of halogens is 1. The lowest BCUT2D eigenvalue weighted by atomic mass is 10.1. The number of rotatable bonds is 6. The molecule has 0 aliphatic carbocycles. The van der Waals surface area contributed by atoms with Crippen LogP contribution in [0.3, 0.4) is 0 Å². The predicted molar refractivity (Wildman–Crippen MR) is 87.8 cm³/mol. The maximum atomic E-state index is 13.7. The molecule has 0 aromatic heterocycles. The fourth-order valence-electron chi connectivity index (χ4n) is 2.09. The van der Waals surface area contributed by atoms with Gasteiger partial charge in [-0.05, 0) is 35.5 Å². The fraction of sp³-hybridized carbons (Fsp3) is 0.375. The molecule has 1 heterocycles. The minimum Gasteiger partial charge on any atom is -0.494 e. The molecule has 0 N–H and O–H groups in total. The summed E-state index contributed by atoms with van der Waals surface area (Å²) >= 11 is 4.49. The molecule has 1 aliphatic heterocycles. The number of benzene rings is 1. The Labute approximate surface area is 131 Å². The average Bonchev–Trinajstić information content (AvgIpc) is 3.15. The molecule has 21 heavy (non-hydrogen) atoms. The van der Waals surface area contributed by atoms with E-state index in [1.54, 1.807) is 6.07 Å². The Hall–Kier alpha value is -1.62. The van der Waals surface area contributed by atoms with Crippen LogP contribution in [0.5, 0.6) is 5.75 Å². The quantitative estimate of drug-likeness (QED) is 0.793. The van der Waals surface area contributed by atoms with Crippen LogP contribution >= 0.6 is 12.6 Å². The summed E-state index contributed by atoms with van der Waals surface area (Å²) in [6.07, 6.45) is 4.98. The molecule has 0 bridgehead atoms. The number of thiol groups is 1. The molecule has 0 fully saturated rings. The second-order valence-electron chi connectivity index (χ2n) is 5.47. The van der Waals surface area contributed by atoms with Gasteiger partial charge >= 0.3 is 0 Å². The molecule has 0 atom stereocenters. The monoisotopic (exact) mass is 308 g/mol. The van der Waals surface area contributed by atoms with Crippen LogP contribution in [0, 0.1) is 11.7 Å². The number of nitrogens with zero attached hydrogens (tertiary/aromatic N) is 2. The molecule has 114 valence electrons. The second kappa shape index (κ2) is 6.43. The fourth-order valence-corrected chi connectivity index (χ4v) is 2.59. The van der Waals surface area contributed by atoms with Crippen molar-refractivity contribution in [2.75, 3.05) is 19.2 Å². The summed E-state index contributed by atoms with van der Waals surface area (Å²) in [5, 5.41) is 3.84. The Balaban J connectivity index is 2.00. The van der Waals surface area contributed by atoms with E-state index in [2.05, 4.69) is 26.5 Å². The minimum atomic E-state index is -0.365. The van der Waals surface area contributed by atoms with Gasteiger partial charge in [0.2, 0.25) is 0 Å². The van der Waals surface area contributed by atoms with Crippen LogP contribution in [0.4, 0.5) is 10.1 Å². The summed E-state index contributed by atoms with van der Waals surface area (Å²) in [5.41, 5.74) is 1.83. The molecule has 0 saturated heterocycles. The first-order valence-electron chi connectivity index (χ1n) is 6.90. The number of methoxy groups -OCH3 is 1. The summed E-state index contributed by atoms with van der Waals surface area (Å²) < 4.78 is 18.7. The normalized spacial score (nSPS) is 14.3. The number of hydrazine groups is 1. The lowest BCUT2D eigenvalue weighted by Gasteiger charge is -2.22. The molecule has 1 aromatic carbocycles. The third kappa shape index (κ3) is 3.94. The lowest BCUT2D eigenvalue weighted by Crippen LogP contribution is -2.25. The van der Waals surface area contributed by atoms with Crippen molar-refractivity contribution in [1.29, 1.82) is 0 Å². The molecule has 0 saturated carbocycles. The van der Waals surface area contributed by atoms with Gasteiger partial charge in [0.15, 0.2) is 11.6 Å². The van der Waals surface area contributed by atoms with Crippen molar-refractivity contribution in [1.82, 2.24) is 5.01 Å². The Bertz CT molecular complexity index is 584. The Kier molecular flexibility index (Phi) is 4.83. The van der Waals surface area contributed by atoms with Gasteiger partial charge in [0.25, 0.3) is 0 Å². The Morgan fingerprint density at radius 3 is 2.76 bits per heavy atom. The van der Waals surface area contributed by atoms with Gasteiger partial charge in [0.1, 0.15) is 0 Å². The van der Waals surface area contributed by atoms with Crippen LogP contribution in [0.1, 0.15) is 20.3 Å². The largest absolute Gasteiger partial charge is 0.494 e. The third-order valence-corrected chi connectivity index (χ3v) is 3.53. The topological polar surface area (TPSA) is 15.5 Å². The lowest BCUT2D eigenvalue weighted by molar-refractivity contribution is 0.386. The number of hydrogen-bond donors (Lipinski definition) is 1. The highest BCUT2D eigenvalue weighted by atomic mass is 32.1. The van der Waals surface area contributed by atoms with Crippen molar-refractivity contribution >= 4 is 18.3 Å². The van der Waals surface area contributed by atoms with Crippen LogP contribution in [0.15, 0.2) is 41.1 Å². The highest BCUT2D eigenvalue weighted by molar-refractivity contribution is 7.84. The standard InChI is InChI=1S/C16H21FN2OS/c1-11(2)7-14(21)8-13-10-19(13)18(3)12-5-6-16(20-4)15(17)9-12/h5-6,8-11,21H,7H2,1-4H3/b14-8-. The minimum absolute atomic E-state index is 0.251. The first-order valence-corrected chi connectivity index (χ1v) is 7.35. The molecule has 2 rings (SSSR count). The molecule has 1 aromatic rings. The summed E-state index contributed by atoms with van der Waals surface area (Å²) in [7, 11) is 3.35. The zero-order valence-electron chi connectivity index (χ0n) is 12.8. The van der Waals surface area contributed by atoms with E-state index < -0.39 is 0 Å². The smallest absolute Gasteiger partial charge is 0.167 e. The van der Waals surface area contributed by atoms with E-state index in [9.17, 15) is 4.39 Å². The molecule has 5 heteroatoms. The maximum Gasteiger partial charge on any atom is 0.167 e. The molecule has 0 radical (unpaired) electrons. The van der Waals surface area contributed by atoms with E-state index in [4.69, 9.17) is 4.74 Å². The molecule has 0 spiro atoms. The van der Waals surface area contributed by atoms with Crippen LogP contribution < -0.4 is 9.75 Å². The Morgan fingerprint density at radius 2 is 2.19 bits per heavy atom.